The molecule has 0 saturated heterocycles. The van der Waals surface area contributed by atoms with E-state index in [9.17, 15) is 0 Å². The second-order valence-electron chi connectivity index (χ2n) is 5.99. The summed E-state index contributed by atoms with van der Waals surface area (Å²) in [5, 5.41) is 1.18. The molecule has 1 atom stereocenters. The second kappa shape index (κ2) is 6.20. The lowest BCUT2D eigenvalue weighted by molar-refractivity contribution is 0.135. The largest absolute Gasteiger partial charge is 0.357 e. The fourth-order valence-electron chi connectivity index (χ4n) is 2.85. The number of hydrogen-bond donors (Lipinski definition) is 1. The molecule has 0 saturated carbocycles. The fourth-order valence-corrected chi connectivity index (χ4v) is 3.47. The van der Waals surface area contributed by atoms with E-state index in [1.165, 1.54) is 16.5 Å². The van der Waals surface area contributed by atoms with Crippen molar-refractivity contribution in [3.8, 4) is 11.3 Å². The van der Waals surface area contributed by atoms with E-state index in [1.807, 2.05) is 18.3 Å². The number of fused-ring (bicyclic) bond motifs is 1. The van der Waals surface area contributed by atoms with Crippen LogP contribution in [0.4, 0.5) is 0 Å². The van der Waals surface area contributed by atoms with Crippen molar-refractivity contribution in [1.82, 2.24) is 9.97 Å². The molecule has 4 heteroatoms. The Kier molecular flexibility index (Phi) is 4.28. The van der Waals surface area contributed by atoms with Crippen LogP contribution in [0.2, 0.25) is 0 Å². The Morgan fingerprint density at radius 2 is 1.91 bits per heavy atom. The summed E-state index contributed by atoms with van der Waals surface area (Å²) in [6.45, 7) is 6.36. The number of hydrogen-bond acceptors (Lipinski definition) is 2. The van der Waals surface area contributed by atoms with Crippen molar-refractivity contribution >= 4 is 19.8 Å². The van der Waals surface area contributed by atoms with E-state index >= 15 is 0 Å². The minimum Gasteiger partial charge on any atom is -0.357 e. The van der Waals surface area contributed by atoms with Crippen LogP contribution in [0.5, 0.6) is 0 Å². The number of aromatic amines is 1. The number of H-pyrrole nitrogens is 1. The molecule has 0 aliphatic rings. The zero-order chi connectivity index (χ0) is 15.6. The third kappa shape index (κ3) is 3.06. The van der Waals surface area contributed by atoms with E-state index < -0.39 is 0 Å². The predicted molar refractivity (Wildman–Crippen MR) is 94.6 cm³/mol. The van der Waals surface area contributed by atoms with Crippen molar-refractivity contribution in [3.05, 3.63) is 54.2 Å². The summed E-state index contributed by atoms with van der Waals surface area (Å²) >= 11 is 0. The van der Waals surface area contributed by atoms with Gasteiger partial charge in [-0.25, -0.2) is 4.98 Å². The molecule has 1 N–H and O–H groups in total. The molecule has 1 aromatic carbocycles. The highest BCUT2D eigenvalue weighted by molar-refractivity contribution is 7.31. The van der Waals surface area contributed by atoms with Crippen molar-refractivity contribution in [2.24, 2.45) is 0 Å². The van der Waals surface area contributed by atoms with E-state index in [1.54, 1.807) is 0 Å². The van der Waals surface area contributed by atoms with Crippen LogP contribution in [-0.2, 0) is 10.9 Å². The van der Waals surface area contributed by atoms with Crippen LogP contribution in [0.3, 0.4) is 0 Å². The number of aromatic nitrogens is 2. The standard InChI is InChI=1S/C18H21N2OP/c1-18(2,21-22-3)12-15-14-10-7-11-19-17(14)20-16(15)13-8-5-4-6-9-13/h4-11,22H,12H2,1-3H3,(H,19,20). The van der Waals surface area contributed by atoms with Gasteiger partial charge in [-0.05, 0) is 43.8 Å². The van der Waals surface area contributed by atoms with Gasteiger partial charge in [-0.15, -0.1) is 0 Å². The fraction of sp³-hybridized carbons (Fsp3) is 0.278. The molecular weight excluding hydrogens is 291 g/mol. The maximum Gasteiger partial charge on any atom is 0.137 e. The molecule has 0 fully saturated rings. The lowest BCUT2D eigenvalue weighted by Gasteiger charge is -2.24. The SMILES string of the molecule is CPOC(C)(C)Cc1c(-c2ccccc2)[nH]c2ncccc12. The summed E-state index contributed by atoms with van der Waals surface area (Å²) in [6.07, 6.45) is 2.68. The van der Waals surface area contributed by atoms with Gasteiger partial charge in [-0.3, -0.25) is 0 Å². The van der Waals surface area contributed by atoms with Crippen LogP contribution >= 0.6 is 8.81 Å². The summed E-state index contributed by atoms with van der Waals surface area (Å²) in [4.78, 5) is 7.95. The molecule has 2 aromatic heterocycles. The first kappa shape index (κ1) is 15.2. The van der Waals surface area contributed by atoms with Gasteiger partial charge < -0.3 is 9.51 Å². The van der Waals surface area contributed by atoms with E-state index in [2.05, 4.69) is 60.8 Å². The highest BCUT2D eigenvalue weighted by atomic mass is 31.1. The molecule has 0 spiro atoms. The minimum atomic E-state index is -0.193. The summed E-state index contributed by atoms with van der Waals surface area (Å²) in [5.74, 6) is 0. The molecule has 3 rings (SSSR count). The van der Waals surface area contributed by atoms with E-state index in [0.717, 1.165) is 17.8 Å². The lowest BCUT2D eigenvalue weighted by Crippen LogP contribution is -2.24. The van der Waals surface area contributed by atoms with Crippen LogP contribution in [0.25, 0.3) is 22.3 Å². The van der Waals surface area contributed by atoms with Crippen molar-refractivity contribution in [3.63, 3.8) is 0 Å². The third-order valence-electron chi connectivity index (χ3n) is 3.72. The van der Waals surface area contributed by atoms with Crippen molar-refractivity contribution < 1.29 is 4.52 Å². The molecule has 22 heavy (non-hydrogen) atoms. The molecule has 0 aliphatic carbocycles. The maximum absolute atomic E-state index is 5.94. The Balaban J connectivity index is 2.14. The normalized spacial score (nSPS) is 12.5. The second-order valence-corrected chi connectivity index (χ2v) is 6.60. The highest BCUT2D eigenvalue weighted by Crippen LogP contribution is 2.34. The molecule has 0 aliphatic heterocycles. The Morgan fingerprint density at radius 3 is 2.64 bits per heavy atom. The average Bonchev–Trinajstić information content (AvgIpc) is 2.86. The quantitative estimate of drug-likeness (QED) is 0.688. The van der Waals surface area contributed by atoms with Gasteiger partial charge in [0.15, 0.2) is 0 Å². The third-order valence-corrected chi connectivity index (χ3v) is 4.48. The molecule has 0 amide bonds. The van der Waals surface area contributed by atoms with Crippen molar-refractivity contribution in [1.29, 1.82) is 0 Å². The van der Waals surface area contributed by atoms with E-state index in [0.29, 0.717) is 8.81 Å². The minimum absolute atomic E-state index is 0.193. The Morgan fingerprint density at radius 1 is 1.14 bits per heavy atom. The number of benzene rings is 1. The van der Waals surface area contributed by atoms with Gasteiger partial charge in [0, 0.05) is 26.8 Å². The van der Waals surface area contributed by atoms with Crippen LogP contribution in [-0.4, -0.2) is 22.2 Å². The highest BCUT2D eigenvalue weighted by Gasteiger charge is 2.24. The monoisotopic (exact) mass is 312 g/mol. The zero-order valence-electron chi connectivity index (χ0n) is 13.2. The molecule has 1 unspecified atom stereocenters. The van der Waals surface area contributed by atoms with Gasteiger partial charge in [-0.1, -0.05) is 30.3 Å². The van der Waals surface area contributed by atoms with Gasteiger partial charge in [0.1, 0.15) is 5.65 Å². The molecule has 114 valence electrons. The van der Waals surface area contributed by atoms with E-state index in [-0.39, 0.29) is 5.60 Å². The molecule has 2 heterocycles. The topological polar surface area (TPSA) is 37.9 Å². The van der Waals surface area contributed by atoms with Gasteiger partial charge >= 0.3 is 0 Å². The van der Waals surface area contributed by atoms with Crippen molar-refractivity contribution in [2.45, 2.75) is 25.9 Å². The number of nitrogens with one attached hydrogen (secondary N) is 1. The maximum atomic E-state index is 5.94. The first-order valence-electron chi connectivity index (χ1n) is 7.46. The van der Waals surface area contributed by atoms with Crippen LogP contribution in [0.1, 0.15) is 19.4 Å². The van der Waals surface area contributed by atoms with Crippen molar-refractivity contribution in [2.75, 3.05) is 6.66 Å². The van der Waals surface area contributed by atoms with Crippen LogP contribution in [0.15, 0.2) is 48.7 Å². The molecule has 0 bridgehead atoms. The number of rotatable bonds is 5. The van der Waals surface area contributed by atoms with Crippen LogP contribution in [0, 0.1) is 0 Å². The summed E-state index contributed by atoms with van der Waals surface area (Å²) < 4.78 is 5.94. The molecule has 0 radical (unpaired) electrons. The first-order valence-corrected chi connectivity index (χ1v) is 8.87. The molecular formula is C18H21N2OP. The van der Waals surface area contributed by atoms with E-state index in [4.69, 9.17) is 4.52 Å². The Bertz CT molecular complexity index is 765. The molecule has 3 nitrogen and oxygen atoms in total. The van der Waals surface area contributed by atoms with Gasteiger partial charge in [0.25, 0.3) is 0 Å². The average molecular weight is 312 g/mol. The first-order chi connectivity index (χ1) is 10.6. The smallest absolute Gasteiger partial charge is 0.137 e. The summed E-state index contributed by atoms with van der Waals surface area (Å²) in [7, 11) is 0.485. The van der Waals surface area contributed by atoms with Gasteiger partial charge in [0.2, 0.25) is 0 Å². The van der Waals surface area contributed by atoms with Gasteiger partial charge in [-0.2, -0.15) is 0 Å². The number of pyridine rings is 1. The summed E-state index contributed by atoms with van der Waals surface area (Å²) in [6, 6.07) is 14.5. The lowest BCUT2D eigenvalue weighted by atomic mass is 9.94. The zero-order valence-corrected chi connectivity index (χ0v) is 14.2. The van der Waals surface area contributed by atoms with Gasteiger partial charge in [0.05, 0.1) is 11.3 Å². The summed E-state index contributed by atoms with van der Waals surface area (Å²) in [5.41, 5.74) is 4.35. The van der Waals surface area contributed by atoms with Crippen LogP contribution < -0.4 is 0 Å². The molecule has 3 aromatic rings. The Hall–Kier alpha value is -1.70. The Labute approximate surface area is 133 Å². The predicted octanol–water partition coefficient (Wildman–Crippen LogP) is 4.79. The number of nitrogens with zero attached hydrogens (tertiary/aromatic N) is 1.